The van der Waals surface area contributed by atoms with Crippen molar-refractivity contribution in [3.8, 4) is 5.75 Å². The van der Waals surface area contributed by atoms with Crippen molar-refractivity contribution in [2.75, 3.05) is 7.11 Å². The van der Waals surface area contributed by atoms with Gasteiger partial charge < -0.3 is 14.8 Å². The quantitative estimate of drug-likeness (QED) is 0.520. The lowest BCUT2D eigenvalue weighted by molar-refractivity contribution is -0.149. The van der Waals surface area contributed by atoms with Gasteiger partial charge in [-0.15, -0.1) is 0 Å². The van der Waals surface area contributed by atoms with Crippen LogP contribution in [0.3, 0.4) is 0 Å². The molecule has 2 atom stereocenters. The lowest BCUT2D eigenvalue weighted by Gasteiger charge is -2.23. The minimum absolute atomic E-state index is 0.253. The van der Waals surface area contributed by atoms with E-state index in [2.05, 4.69) is 5.32 Å². The van der Waals surface area contributed by atoms with E-state index in [1.54, 1.807) is 62.4 Å². The molecule has 0 saturated carbocycles. The van der Waals surface area contributed by atoms with Crippen molar-refractivity contribution in [3.63, 3.8) is 0 Å². The molecule has 2 rings (SSSR count). The highest BCUT2D eigenvalue weighted by Crippen LogP contribution is 2.17. The molecule has 0 heterocycles. The molecule has 0 aromatic heterocycles. The predicted octanol–water partition coefficient (Wildman–Crippen LogP) is 3.92. The van der Waals surface area contributed by atoms with Crippen molar-refractivity contribution in [2.45, 2.75) is 32.9 Å². The Kier molecular flexibility index (Phi) is 7.79. The second-order valence-corrected chi connectivity index (χ2v) is 7.25. The van der Waals surface area contributed by atoms with Gasteiger partial charge in [-0.3, -0.25) is 9.59 Å². The van der Waals surface area contributed by atoms with E-state index in [1.165, 1.54) is 14.0 Å². The second-order valence-electron chi connectivity index (χ2n) is 6.85. The van der Waals surface area contributed by atoms with Crippen LogP contribution in [-0.2, 0) is 9.53 Å². The van der Waals surface area contributed by atoms with Crippen LogP contribution in [0.1, 0.15) is 41.5 Å². The number of carbonyl (C=O) groups excluding carboxylic acids is 3. The summed E-state index contributed by atoms with van der Waals surface area (Å²) in [4.78, 5) is 37.7. The Morgan fingerprint density at radius 1 is 0.966 bits per heavy atom. The Morgan fingerprint density at radius 2 is 1.59 bits per heavy atom. The number of nitrogens with one attached hydrogen (secondary N) is 1. The highest BCUT2D eigenvalue weighted by molar-refractivity contribution is 6.33. The lowest BCUT2D eigenvalue weighted by atomic mass is 10.0. The molecule has 0 fully saturated rings. The van der Waals surface area contributed by atoms with E-state index < -0.39 is 24.0 Å². The molecule has 0 aliphatic carbocycles. The van der Waals surface area contributed by atoms with Gasteiger partial charge >= 0.3 is 5.97 Å². The third-order valence-corrected chi connectivity index (χ3v) is 4.69. The highest BCUT2D eigenvalue weighted by atomic mass is 35.5. The molecule has 0 spiro atoms. The summed E-state index contributed by atoms with van der Waals surface area (Å²) in [5, 5.41) is 2.93. The minimum Gasteiger partial charge on any atom is -0.497 e. The average Bonchev–Trinajstić information content (AvgIpc) is 2.71. The normalized spacial score (nSPS) is 12.8. The van der Waals surface area contributed by atoms with Crippen LogP contribution in [0.5, 0.6) is 5.75 Å². The van der Waals surface area contributed by atoms with Crippen molar-refractivity contribution in [1.82, 2.24) is 5.32 Å². The summed E-state index contributed by atoms with van der Waals surface area (Å²) in [6, 6.07) is 12.1. The summed E-state index contributed by atoms with van der Waals surface area (Å²) in [7, 11) is 1.53. The zero-order chi connectivity index (χ0) is 21.6. The van der Waals surface area contributed by atoms with Crippen LogP contribution < -0.4 is 10.1 Å². The molecular formula is C22H24ClNO5. The number of ether oxygens (including phenoxy) is 2. The fraction of sp³-hybridized carbons (Fsp3) is 0.318. The number of halogens is 1. The van der Waals surface area contributed by atoms with Gasteiger partial charge in [0.1, 0.15) is 11.8 Å². The SMILES string of the molecule is COc1ccc(C(=O)[C@@H](C)OC(=O)[C@@H](NC(=O)c2ccccc2Cl)C(C)C)cc1. The molecule has 154 valence electrons. The van der Waals surface area contributed by atoms with Crippen molar-refractivity contribution in [2.24, 2.45) is 5.92 Å². The standard InChI is InChI=1S/C22H24ClNO5/c1-13(2)19(24-21(26)17-7-5-6-8-18(17)23)22(27)29-14(3)20(25)15-9-11-16(28-4)12-10-15/h5-14,19H,1-4H3,(H,24,26)/t14-,19+/m1/s1. The van der Waals surface area contributed by atoms with Gasteiger partial charge in [0.25, 0.3) is 5.91 Å². The molecule has 7 heteroatoms. The Morgan fingerprint density at radius 3 is 2.14 bits per heavy atom. The lowest BCUT2D eigenvalue weighted by Crippen LogP contribution is -2.46. The van der Waals surface area contributed by atoms with E-state index in [-0.39, 0.29) is 22.3 Å². The third kappa shape index (κ3) is 5.81. The number of carbonyl (C=O) groups is 3. The van der Waals surface area contributed by atoms with Gasteiger partial charge in [-0.2, -0.15) is 0 Å². The van der Waals surface area contributed by atoms with E-state index in [0.29, 0.717) is 11.3 Å². The van der Waals surface area contributed by atoms with Crippen LogP contribution in [0.2, 0.25) is 5.02 Å². The number of esters is 1. The maximum Gasteiger partial charge on any atom is 0.329 e. The fourth-order valence-corrected chi connectivity index (χ4v) is 2.87. The van der Waals surface area contributed by atoms with Gasteiger partial charge in [-0.25, -0.2) is 4.79 Å². The van der Waals surface area contributed by atoms with E-state index in [9.17, 15) is 14.4 Å². The zero-order valence-electron chi connectivity index (χ0n) is 16.8. The molecule has 29 heavy (non-hydrogen) atoms. The summed E-state index contributed by atoms with van der Waals surface area (Å²) >= 11 is 6.05. The van der Waals surface area contributed by atoms with Gasteiger partial charge in [0.05, 0.1) is 17.7 Å². The minimum atomic E-state index is -1.01. The topological polar surface area (TPSA) is 81.7 Å². The van der Waals surface area contributed by atoms with Gasteiger partial charge in [0.15, 0.2) is 6.10 Å². The van der Waals surface area contributed by atoms with Crippen LogP contribution in [0.25, 0.3) is 0 Å². The van der Waals surface area contributed by atoms with Crippen LogP contribution in [-0.4, -0.2) is 36.9 Å². The molecule has 0 bridgehead atoms. The summed E-state index contributed by atoms with van der Waals surface area (Å²) < 4.78 is 10.4. The first-order valence-corrected chi connectivity index (χ1v) is 9.56. The fourth-order valence-electron chi connectivity index (χ4n) is 2.65. The third-order valence-electron chi connectivity index (χ3n) is 4.36. The van der Waals surface area contributed by atoms with E-state index in [0.717, 1.165) is 0 Å². The number of rotatable bonds is 8. The van der Waals surface area contributed by atoms with Gasteiger partial charge in [-0.05, 0) is 49.2 Å². The summed E-state index contributed by atoms with van der Waals surface area (Å²) in [6.07, 6.45) is -1.01. The Balaban J connectivity index is 2.07. The van der Waals surface area contributed by atoms with E-state index >= 15 is 0 Å². The molecular weight excluding hydrogens is 394 g/mol. The second kappa shape index (κ2) is 10.1. The summed E-state index contributed by atoms with van der Waals surface area (Å²) in [5.74, 6) is -1.15. The van der Waals surface area contributed by atoms with Crippen molar-refractivity contribution in [1.29, 1.82) is 0 Å². The number of amides is 1. The number of hydrogen-bond donors (Lipinski definition) is 1. The molecule has 2 aromatic rings. The molecule has 0 radical (unpaired) electrons. The zero-order valence-corrected chi connectivity index (χ0v) is 17.5. The summed E-state index contributed by atoms with van der Waals surface area (Å²) in [6.45, 7) is 5.04. The Hall–Kier alpha value is -2.86. The first-order chi connectivity index (χ1) is 13.7. The number of benzene rings is 2. The average molecular weight is 418 g/mol. The molecule has 0 aliphatic rings. The van der Waals surface area contributed by atoms with Gasteiger partial charge in [0, 0.05) is 5.56 Å². The largest absolute Gasteiger partial charge is 0.497 e. The number of methoxy groups -OCH3 is 1. The van der Waals surface area contributed by atoms with E-state index in [4.69, 9.17) is 21.1 Å². The van der Waals surface area contributed by atoms with Gasteiger partial charge in [-0.1, -0.05) is 37.6 Å². The van der Waals surface area contributed by atoms with E-state index in [1.807, 2.05) is 0 Å². The van der Waals surface area contributed by atoms with Gasteiger partial charge in [0.2, 0.25) is 5.78 Å². The molecule has 1 amide bonds. The molecule has 0 aliphatic heterocycles. The maximum atomic E-state index is 12.6. The van der Waals surface area contributed by atoms with Crippen molar-refractivity contribution < 1.29 is 23.9 Å². The smallest absolute Gasteiger partial charge is 0.329 e. The number of hydrogen-bond acceptors (Lipinski definition) is 5. The highest BCUT2D eigenvalue weighted by Gasteiger charge is 2.30. The Bertz CT molecular complexity index is 879. The van der Waals surface area contributed by atoms with Crippen molar-refractivity contribution in [3.05, 3.63) is 64.7 Å². The first kappa shape index (κ1) is 22.4. The maximum absolute atomic E-state index is 12.6. The molecule has 6 nitrogen and oxygen atoms in total. The monoisotopic (exact) mass is 417 g/mol. The first-order valence-electron chi connectivity index (χ1n) is 9.18. The molecule has 1 N–H and O–H groups in total. The Labute approximate surface area is 175 Å². The van der Waals surface area contributed by atoms with Crippen molar-refractivity contribution >= 4 is 29.3 Å². The van der Waals surface area contributed by atoms with Crippen LogP contribution in [0.15, 0.2) is 48.5 Å². The molecule has 0 unspecified atom stereocenters. The number of Topliss-reactive ketones (excluding diaryl/α,β-unsaturated/α-hetero) is 1. The van der Waals surface area contributed by atoms with Crippen LogP contribution in [0.4, 0.5) is 0 Å². The number of ketones is 1. The molecule has 2 aromatic carbocycles. The molecule has 0 saturated heterocycles. The van der Waals surface area contributed by atoms with Crippen LogP contribution >= 0.6 is 11.6 Å². The summed E-state index contributed by atoms with van der Waals surface area (Å²) in [5.41, 5.74) is 0.655. The predicted molar refractivity (Wildman–Crippen MR) is 110 cm³/mol. The van der Waals surface area contributed by atoms with Crippen LogP contribution in [0, 0.1) is 5.92 Å².